The van der Waals surface area contributed by atoms with Gasteiger partial charge in [-0.1, -0.05) is 13.8 Å². The zero-order valence-electron chi connectivity index (χ0n) is 12.0. The summed E-state index contributed by atoms with van der Waals surface area (Å²) in [5.74, 6) is 0.380. The number of aromatic nitrogens is 2. The van der Waals surface area contributed by atoms with Crippen LogP contribution in [0.3, 0.4) is 0 Å². The van der Waals surface area contributed by atoms with E-state index in [-0.39, 0.29) is 17.6 Å². The first-order valence-corrected chi connectivity index (χ1v) is 7.87. The largest absolute Gasteiger partial charge is 0.396 e. The Labute approximate surface area is 127 Å². The Morgan fingerprint density at radius 3 is 2.80 bits per heavy atom. The van der Waals surface area contributed by atoms with Gasteiger partial charge in [0.1, 0.15) is 4.47 Å². The van der Waals surface area contributed by atoms with Crippen molar-refractivity contribution in [1.82, 2.24) is 9.78 Å². The van der Waals surface area contributed by atoms with E-state index in [4.69, 9.17) is 5.11 Å². The third-order valence-corrected chi connectivity index (χ3v) is 4.54. The first kappa shape index (κ1) is 15.5. The van der Waals surface area contributed by atoms with Gasteiger partial charge in [-0.3, -0.25) is 4.79 Å². The van der Waals surface area contributed by atoms with E-state index in [0.717, 1.165) is 31.5 Å². The second-order valence-corrected chi connectivity index (χ2v) is 6.87. The summed E-state index contributed by atoms with van der Waals surface area (Å²) in [6.45, 7) is 5.73. The van der Waals surface area contributed by atoms with Crippen molar-refractivity contribution in [2.75, 3.05) is 18.5 Å². The van der Waals surface area contributed by atoms with Crippen molar-refractivity contribution in [3.05, 3.63) is 21.0 Å². The summed E-state index contributed by atoms with van der Waals surface area (Å²) in [5, 5.41) is 16.6. The number of hydrogen-bond acceptors (Lipinski definition) is 4. The molecule has 20 heavy (non-hydrogen) atoms. The van der Waals surface area contributed by atoms with Gasteiger partial charge >= 0.3 is 0 Å². The maximum atomic E-state index is 12.2. The third-order valence-electron chi connectivity index (χ3n) is 3.78. The maximum absolute atomic E-state index is 12.2. The standard InChI is InChI=1S/C14H22BrN3O2/c1-10(2)8-18-13(20)12(15)11(7-17-18)16-9-14(3-4-14)5-6-19/h7,10,16,19H,3-6,8-9H2,1-2H3. The average molecular weight is 344 g/mol. The summed E-state index contributed by atoms with van der Waals surface area (Å²) in [5.41, 5.74) is 0.844. The summed E-state index contributed by atoms with van der Waals surface area (Å²) in [7, 11) is 0. The molecule has 2 N–H and O–H groups in total. The lowest BCUT2D eigenvalue weighted by Gasteiger charge is -2.16. The fourth-order valence-electron chi connectivity index (χ4n) is 2.28. The van der Waals surface area contributed by atoms with Crippen LogP contribution in [-0.2, 0) is 6.54 Å². The molecule has 0 amide bonds. The minimum Gasteiger partial charge on any atom is -0.396 e. The fraction of sp³-hybridized carbons (Fsp3) is 0.714. The van der Waals surface area contributed by atoms with Gasteiger partial charge in [0, 0.05) is 19.7 Å². The third kappa shape index (κ3) is 3.61. The summed E-state index contributed by atoms with van der Waals surface area (Å²) in [6.07, 6.45) is 4.78. The molecule has 1 saturated carbocycles. The quantitative estimate of drug-likeness (QED) is 0.796. The van der Waals surface area contributed by atoms with Crippen LogP contribution in [-0.4, -0.2) is 28.0 Å². The van der Waals surface area contributed by atoms with E-state index in [2.05, 4.69) is 40.2 Å². The molecule has 1 fully saturated rings. The molecule has 1 aromatic heterocycles. The van der Waals surface area contributed by atoms with Crippen molar-refractivity contribution < 1.29 is 5.11 Å². The van der Waals surface area contributed by atoms with E-state index in [1.165, 1.54) is 4.68 Å². The van der Waals surface area contributed by atoms with Crippen molar-refractivity contribution in [3.63, 3.8) is 0 Å². The molecule has 0 spiro atoms. The highest BCUT2D eigenvalue weighted by molar-refractivity contribution is 9.10. The Hall–Kier alpha value is -0.880. The van der Waals surface area contributed by atoms with Gasteiger partial charge in [-0.25, -0.2) is 4.68 Å². The highest BCUT2D eigenvalue weighted by Gasteiger charge is 2.41. The molecule has 0 saturated heterocycles. The molecule has 2 rings (SSSR count). The Bertz CT molecular complexity index is 524. The van der Waals surface area contributed by atoms with Gasteiger partial charge in [0.05, 0.1) is 11.9 Å². The van der Waals surface area contributed by atoms with Gasteiger partial charge in [-0.05, 0) is 46.5 Å². The van der Waals surface area contributed by atoms with Gasteiger partial charge in [0.15, 0.2) is 0 Å². The van der Waals surface area contributed by atoms with Crippen LogP contribution < -0.4 is 10.9 Å². The monoisotopic (exact) mass is 343 g/mol. The number of aliphatic hydroxyl groups excluding tert-OH is 1. The molecule has 5 nitrogen and oxygen atoms in total. The molecule has 0 radical (unpaired) electrons. The number of nitrogens with one attached hydrogen (secondary N) is 1. The molecule has 1 aliphatic rings. The highest BCUT2D eigenvalue weighted by atomic mass is 79.9. The second kappa shape index (κ2) is 6.26. The van der Waals surface area contributed by atoms with Gasteiger partial charge in [0.25, 0.3) is 5.56 Å². The minimum absolute atomic E-state index is 0.101. The van der Waals surface area contributed by atoms with Gasteiger partial charge in [-0.2, -0.15) is 5.10 Å². The smallest absolute Gasteiger partial charge is 0.283 e. The van der Waals surface area contributed by atoms with Crippen LogP contribution >= 0.6 is 15.9 Å². The summed E-state index contributed by atoms with van der Waals surface area (Å²) < 4.78 is 2.02. The van der Waals surface area contributed by atoms with Crippen LogP contribution in [0, 0.1) is 11.3 Å². The van der Waals surface area contributed by atoms with E-state index in [1.807, 2.05) is 0 Å². The lowest BCUT2D eigenvalue weighted by molar-refractivity contribution is 0.253. The second-order valence-electron chi connectivity index (χ2n) is 6.08. The average Bonchev–Trinajstić information content (AvgIpc) is 3.14. The topological polar surface area (TPSA) is 67.2 Å². The van der Waals surface area contributed by atoms with Crippen molar-refractivity contribution in [1.29, 1.82) is 0 Å². The molecular weight excluding hydrogens is 322 g/mol. The van der Waals surface area contributed by atoms with E-state index in [1.54, 1.807) is 6.20 Å². The molecule has 0 bridgehead atoms. The molecule has 112 valence electrons. The van der Waals surface area contributed by atoms with Gasteiger partial charge in [0.2, 0.25) is 0 Å². The molecule has 1 aliphatic carbocycles. The van der Waals surface area contributed by atoms with E-state index in [0.29, 0.717) is 16.9 Å². The Morgan fingerprint density at radius 2 is 2.25 bits per heavy atom. The normalized spacial score (nSPS) is 16.4. The van der Waals surface area contributed by atoms with Crippen molar-refractivity contribution in [2.45, 2.75) is 39.7 Å². The highest BCUT2D eigenvalue weighted by Crippen LogP contribution is 2.48. The number of hydrogen-bond donors (Lipinski definition) is 2. The molecule has 0 aromatic carbocycles. The Morgan fingerprint density at radius 1 is 1.55 bits per heavy atom. The van der Waals surface area contributed by atoms with Crippen LogP contribution in [0.1, 0.15) is 33.1 Å². The molecular formula is C14H22BrN3O2. The molecule has 0 atom stereocenters. The molecule has 1 aromatic rings. The lowest BCUT2D eigenvalue weighted by Crippen LogP contribution is -2.27. The van der Waals surface area contributed by atoms with Crippen molar-refractivity contribution in [3.8, 4) is 0 Å². The summed E-state index contributed by atoms with van der Waals surface area (Å²) >= 11 is 3.36. The Balaban J connectivity index is 2.06. The van der Waals surface area contributed by atoms with E-state index in [9.17, 15) is 4.79 Å². The van der Waals surface area contributed by atoms with Crippen LogP contribution in [0.5, 0.6) is 0 Å². The molecule has 0 unspecified atom stereocenters. The van der Waals surface area contributed by atoms with E-state index < -0.39 is 0 Å². The molecule has 6 heteroatoms. The maximum Gasteiger partial charge on any atom is 0.283 e. The zero-order chi connectivity index (χ0) is 14.8. The molecule has 1 heterocycles. The summed E-state index contributed by atoms with van der Waals surface area (Å²) in [6, 6.07) is 0. The van der Waals surface area contributed by atoms with Gasteiger partial charge < -0.3 is 10.4 Å². The zero-order valence-corrected chi connectivity index (χ0v) is 13.6. The number of rotatable bonds is 7. The first-order valence-electron chi connectivity index (χ1n) is 7.08. The predicted molar refractivity (Wildman–Crippen MR) is 82.9 cm³/mol. The summed E-state index contributed by atoms with van der Waals surface area (Å²) in [4.78, 5) is 12.2. The van der Waals surface area contributed by atoms with Crippen LogP contribution in [0.15, 0.2) is 15.5 Å². The van der Waals surface area contributed by atoms with Gasteiger partial charge in [-0.15, -0.1) is 0 Å². The Kier molecular flexibility index (Phi) is 4.86. The van der Waals surface area contributed by atoms with Crippen LogP contribution in [0.2, 0.25) is 0 Å². The molecule has 0 aliphatic heterocycles. The van der Waals surface area contributed by atoms with E-state index >= 15 is 0 Å². The first-order chi connectivity index (χ1) is 9.47. The lowest BCUT2D eigenvalue weighted by atomic mass is 10.0. The predicted octanol–water partition coefficient (Wildman–Crippen LogP) is 2.24. The SMILES string of the molecule is CC(C)Cn1ncc(NCC2(CCO)CC2)c(Br)c1=O. The van der Waals surface area contributed by atoms with Crippen LogP contribution in [0.4, 0.5) is 5.69 Å². The number of anilines is 1. The van der Waals surface area contributed by atoms with Crippen molar-refractivity contribution in [2.24, 2.45) is 11.3 Å². The number of nitrogens with zero attached hydrogens (tertiary/aromatic N) is 2. The van der Waals surface area contributed by atoms with Crippen molar-refractivity contribution >= 4 is 21.6 Å². The number of halogens is 1. The fourth-order valence-corrected chi connectivity index (χ4v) is 2.72. The van der Waals surface area contributed by atoms with Crippen LogP contribution in [0.25, 0.3) is 0 Å². The number of aliphatic hydroxyl groups is 1. The minimum atomic E-state index is -0.101.